The maximum absolute atomic E-state index is 2.50. The second kappa shape index (κ2) is 13.7. The summed E-state index contributed by atoms with van der Waals surface area (Å²) in [5, 5.41) is 10.3. The predicted octanol–water partition coefficient (Wildman–Crippen LogP) is 16.4. The maximum atomic E-state index is 2.50. The Morgan fingerprint density at radius 1 is 0.305 bits per heavy atom. The van der Waals surface area contributed by atoms with Crippen molar-refractivity contribution >= 4 is 43.1 Å². The van der Waals surface area contributed by atoms with Crippen LogP contribution >= 0.6 is 0 Å². The average molecular weight is 755 g/mol. The number of hydrogen-bond acceptors (Lipinski definition) is 0. The Morgan fingerprint density at radius 3 is 0.831 bits per heavy atom. The number of fused-ring (bicyclic) bond motifs is 7. The van der Waals surface area contributed by atoms with Gasteiger partial charge in [0.2, 0.25) is 0 Å². The van der Waals surface area contributed by atoms with Crippen molar-refractivity contribution in [2.75, 3.05) is 0 Å². The topological polar surface area (TPSA) is 0 Å². The minimum atomic E-state index is -0.199. The Labute approximate surface area is 347 Å². The Balaban J connectivity index is 1.08. The van der Waals surface area contributed by atoms with E-state index in [0.29, 0.717) is 0 Å². The summed E-state index contributed by atoms with van der Waals surface area (Å²) in [5.41, 5.74) is 18.3. The van der Waals surface area contributed by atoms with Gasteiger partial charge in [0.15, 0.2) is 0 Å². The monoisotopic (exact) mass is 754 g/mol. The molecule has 0 amide bonds. The highest BCUT2D eigenvalue weighted by molar-refractivity contribution is 6.23. The maximum Gasteiger partial charge on any atom is 0.0159 e. The van der Waals surface area contributed by atoms with Gasteiger partial charge in [-0.25, -0.2) is 0 Å². The largest absolute Gasteiger partial charge is 0.0616 e. The van der Waals surface area contributed by atoms with Gasteiger partial charge < -0.3 is 0 Å². The first-order chi connectivity index (χ1) is 28.9. The van der Waals surface area contributed by atoms with E-state index >= 15 is 0 Å². The van der Waals surface area contributed by atoms with E-state index in [2.05, 4.69) is 210 Å². The molecule has 0 radical (unpaired) electrons. The van der Waals surface area contributed by atoms with Crippen molar-refractivity contribution in [3.05, 3.63) is 204 Å². The summed E-state index contributed by atoms with van der Waals surface area (Å²) in [6.45, 7) is 9.28. The first-order valence-corrected chi connectivity index (χ1v) is 21.3. The smallest absolute Gasteiger partial charge is 0.0159 e. The molecule has 0 saturated heterocycles. The molecule has 59 heavy (non-hydrogen) atoms. The molecule has 0 N–H and O–H groups in total. The van der Waals surface area contributed by atoms with E-state index < -0.39 is 0 Å². The standard InChI is InChI=1S/C59H46/c1-5-37-23-27-39(28-24-37)55-45-15-7-11-19-49(45)57(50-20-12-8-16-46(50)55)41-31-33-43-44-34-32-42(36-54(44)59(3,4)53(43)35-41)58-51-21-13-9-17-47(51)56(48-18-10-14-22-52(48)58)40-29-25-38(6-2)26-30-40/h7-36H,5-6H2,1-4H3. The van der Waals surface area contributed by atoms with Gasteiger partial charge in [-0.3, -0.25) is 0 Å². The van der Waals surface area contributed by atoms with Crippen LogP contribution in [-0.2, 0) is 18.3 Å². The molecule has 0 aliphatic heterocycles. The zero-order valence-corrected chi connectivity index (χ0v) is 34.2. The van der Waals surface area contributed by atoms with E-state index in [1.54, 1.807) is 0 Å². The highest BCUT2D eigenvalue weighted by Crippen LogP contribution is 2.53. The van der Waals surface area contributed by atoms with Crippen molar-refractivity contribution in [1.29, 1.82) is 0 Å². The van der Waals surface area contributed by atoms with Gasteiger partial charge in [-0.05, 0) is 146 Å². The quantitative estimate of drug-likeness (QED) is 0.148. The summed E-state index contributed by atoms with van der Waals surface area (Å²) in [6.07, 6.45) is 2.08. The van der Waals surface area contributed by atoms with Crippen LogP contribution < -0.4 is 0 Å². The molecule has 1 aliphatic carbocycles. The Morgan fingerprint density at radius 2 is 0.559 bits per heavy atom. The van der Waals surface area contributed by atoms with Crippen LogP contribution in [0.3, 0.4) is 0 Å². The molecular formula is C59H46. The Kier molecular flexibility index (Phi) is 8.21. The predicted molar refractivity (Wildman–Crippen MR) is 255 cm³/mol. The second-order valence-corrected chi connectivity index (χ2v) is 16.9. The summed E-state index contributed by atoms with van der Waals surface area (Å²) < 4.78 is 0. The van der Waals surface area contributed by atoms with Crippen LogP contribution in [0.15, 0.2) is 182 Å². The van der Waals surface area contributed by atoms with Crippen molar-refractivity contribution in [3.63, 3.8) is 0 Å². The van der Waals surface area contributed by atoms with Crippen molar-refractivity contribution in [3.8, 4) is 55.6 Å². The van der Waals surface area contributed by atoms with E-state index in [0.717, 1.165) is 12.8 Å². The van der Waals surface area contributed by atoms with Crippen LogP contribution in [0.1, 0.15) is 49.9 Å². The lowest BCUT2D eigenvalue weighted by molar-refractivity contribution is 0.661. The van der Waals surface area contributed by atoms with Gasteiger partial charge in [0.05, 0.1) is 0 Å². The van der Waals surface area contributed by atoms with E-state index in [1.165, 1.54) is 121 Å². The third-order valence-electron chi connectivity index (χ3n) is 13.4. The first-order valence-electron chi connectivity index (χ1n) is 21.3. The summed E-state index contributed by atoms with van der Waals surface area (Å²) in [6, 6.07) is 68.9. The van der Waals surface area contributed by atoms with Crippen LogP contribution in [0.5, 0.6) is 0 Å². The fraction of sp³-hybridized carbons (Fsp3) is 0.119. The van der Waals surface area contributed by atoms with Gasteiger partial charge >= 0.3 is 0 Å². The van der Waals surface area contributed by atoms with Gasteiger partial charge in [0.25, 0.3) is 0 Å². The Hall–Kier alpha value is -6.76. The van der Waals surface area contributed by atoms with Gasteiger partial charge in [0.1, 0.15) is 0 Å². The average Bonchev–Trinajstić information content (AvgIpc) is 3.51. The number of aryl methyl sites for hydroxylation is 2. The molecule has 0 unspecified atom stereocenters. The molecule has 0 heteroatoms. The normalized spacial score (nSPS) is 13.0. The molecule has 0 aromatic heterocycles. The minimum absolute atomic E-state index is 0.199. The summed E-state index contributed by atoms with van der Waals surface area (Å²) in [5.74, 6) is 0. The van der Waals surface area contributed by atoms with Crippen molar-refractivity contribution in [1.82, 2.24) is 0 Å². The molecule has 0 nitrogen and oxygen atoms in total. The Bertz CT molecular complexity index is 2950. The first kappa shape index (κ1) is 35.4. The number of rotatable bonds is 6. The van der Waals surface area contributed by atoms with Crippen LogP contribution in [0.2, 0.25) is 0 Å². The molecule has 0 atom stereocenters. The molecule has 11 rings (SSSR count). The van der Waals surface area contributed by atoms with Crippen molar-refractivity contribution in [2.45, 2.75) is 46.0 Å². The molecule has 0 fully saturated rings. The van der Waals surface area contributed by atoms with Gasteiger partial charge in [0, 0.05) is 5.41 Å². The third kappa shape index (κ3) is 5.43. The molecule has 282 valence electrons. The highest BCUT2D eigenvalue weighted by Gasteiger charge is 2.36. The molecular weight excluding hydrogens is 709 g/mol. The van der Waals surface area contributed by atoms with E-state index in [4.69, 9.17) is 0 Å². The summed E-state index contributed by atoms with van der Waals surface area (Å²) in [7, 11) is 0. The lowest BCUT2D eigenvalue weighted by Crippen LogP contribution is -2.15. The van der Waals surface area contributed by atoms with E-state index in [9.17, 15) is 0 Å². The van der Waals surface area contributed by atoms with E-state index in [1.807, 2.05) is 0 Å². The summed E-state index contributed by atoms with van der Waals surface area (Å²) >= 11 is 0. The number of benzene rings is 10. The molecule has 10 aromatic carbocycles. The van der Waals surface area contributed by atoms with Gasteiger partial charge in [-0.15, -0.1) is 0 Å². The van der Waals surface area contributed by atoms with Crippen molar-refractivity contribution in [2.24, 2.45) is 0 Å². The summed E-state index contributed by atoms with van der Waals surface area (Å²) in [4.78, 5) is 0. The van der Waals surface area contributed by atoms with Crippen LogP contribution in [0, 0.1) is 0 Å². The lowest BCUT2D eigenvalue weighted by Gasteiger charge is -2.24. The molecule has 1 aliphatic rings. The van der Waals surface area contributed by atoms with Gasteiger partial charge in [-0.2, -0.15) is 0 Å². The van der Waals surface area contributed by atoms with Crippen LogP contribution in [0.25, 0.3) is 98.7 Å². The fourth-order valence-electron chi connectivity index (χ4n) is 10.4. The molecule has 10 aromatic rings. The minimum Gasteiger partial charge on any atom is -0.0616 e. The third-order valence-corrected chi connectivity index (χ3v) is 13.4. The molecule has 0 saturated carbocycles. The second-order valence-electron chi connectivity index (χ2n) is 16.9. The van der Waals surface area contributed by atoms with Crippen LogP contribution in [0.4, 0.5) is 0 Å². The van der Waals surface area contributed by atoms with Gasteiger partial charge in [-0.1, -0.05) is 198 Å². The van der Waals surface area contributed by atoms with Crippen molar-refractivity contribution < 1.29 is 0 Å². The fourth-order valence-corrected chi connectivity index (χ4v) is 10.4. The number of hydrogen-bond donors (Lipinski definition) is 0. The highest BCUT2D eigenvalue weighted by atomic mass is 14.4. The molecule has 0 spiro atoms. The lowest BCUT2D eigenvalue weighted by atomic mass is 9.79. The SMILES string of the molecule is CCc1ccc(-c2c3ccccc3c(-c3ccc4c(c3)C(C)(C)c3cc(-c5c6ccccc6c(-c6ccc(CC)cc6)c6ccccc56)ccc3-4)c3ccccc23)cc1. The van der Waals surface area contributed by atoms with Crippen LogP contribution in [-0.4, -0.2) is 0 Å². The molecule has 0 bridgehead atoms. The molecule has 0 heterocycles. The zero-order chi connectivity index (χ0) is 39.8. The zero-order valence-electron chi connectivity index (χ0n) is 34.2. The van der Waals surface area contributed by atoms with E-state index in [-0.39, 0.29) is 5.41 Å².